The predicted octanol–water partition coefficient (Wildman–Crippen LogP) is 7.62. The van der Waals surface area contributed by atoms with E-state index in [-0.39, 0.29) is 43.1 Å². The van der Waals surface area contributed by atoms with Gasteiger partial charge in [-0.2, -0.15) is 0 Å². The molecule has 9 heteroatoms. The number of para-hydroxylation sites is 1. The van der Waals surface area contributed by atoms with Crippen molar-refractivity contribution in [3.63, 3.8) is 0 Å². The number of nitrogens with zero attached hydrogens (tertiary/aromatic N) is 1. The number of halogens is 3. The van der Waals surface area contributed by atoms with Crippen molar-refractivity contribution in [2.45, 2.75) is 71.3 Å². The molecule has 0 bridgehead atoms. The zero-order valence-electron chi connectivity index (χ0n) is 26.3. The third kappa shape index (κ3) is 7.89. The van der Waals surface area contributed by atoms with Crippen molar-refractivity contribution in [3.8, 4) is 5.75 Å². The highest BCUT2D eigenvalue weighted by molar-refractivity contribution is 5.85. The number of rotatable bonds is 13. The zero-order valence-corrected chi connectivity index (χ0v) is 26.3. The summed E-state index contributed by atoms with van der Waals surface area (Å²) in [6, 6.07) is 17.0. The highest BCUT2D eigenvalue weighted by atomic mass is 19.1. The molecule has 0 saturated heterocycles. The van der Waals surface area contributed by atoms with Crippen molar-refractivity contribution in [2.75, 3.05) is 26.4 Å². The van der Waals surface area contributed by atoms with Crippen LogP contribution in [0, 0.1) is 11.6 Å². The van der Waals surface area contributed by atoms with Crippen LogP contribution in [-0.4, -0.2) is 53.9 Å². The molecule has 0 fully saturated rings. The minimum Gasteiger partial charge on any atom is -0.489 e. The van der Waals surface area contributed by atoms with Gasteiger partial charge in [-0.15, -0.1) is 0 Å². The highest BCUT2D eigenvalue weighted by Crippen LogP contribution is 2.43. The zero-order chi connectivity index (χ0) is 32.1. The second kappa shape index (κ2) is 14.1. The summed E-state index contributed by atoms with van der Waals surface area (Å²) < 4.78 is 63.0. The molecule has 0 saturated carbocycles. The Morgan fingerprint density at radius 2 is 1.78 bits per heavy atom. The van der Waals surface area contributed by atoms with Crippen molar-refractivity contribution in [2.24, 2.45) is 0 Å². The molecule has 0 radical (unpaired) electrons. The van der Waals surface area contributed by atoms with E-state index in [0.717, 1.165) is 40.4 Å². The minimum atomic E-state index is -1.57. The maximum atomic E-state index is 16.0. The summed E-state index contributed by atoms with van der Waals surface area (Å²) in [6.07, 6.45) is 2.09. The predicted molar refractivity (Wildman–Crippen MR) is 168 cm³/mol. The van der Waals surface area contributed by atoms with Crippen LogP contribution in [0.15, 0.2) is 60.7 Å². The average Bonchev–Trinajstić information content (AvgIpc) is 3.35. The number of alkyl halides is 1. The molecule has 0 unspecified atom stereocenters. The van der Waals surface area contributed by atoms with Gasteiger partial charge in [0, 0.05) is 53.5 Å². The standard InChI is InChI=1S/C36H41F3N2O4/c1-5-44-32(42)21-43-15-9-12-24-10-8-11-25(17-24)20-45-26-18-29(37)33(30(38)19-26)35-34-28(27-13-6-7-14-31(27)40-34)16-23(2)41(35)22-36(3,4)39/h6-8,10-11,13-14,17-19,23,35,40H,5,9,12,15-16,20-22H2,1-4H3/t23-,35-/m1/s1. The number of hydrogen-bond acceptors (Lipinski definition) is 5. The lowest BCUT2D eigenvalue weighted by molar-refractivity contribution is -0.148. The first kappa shape index (κ1) is 32.6. The van der Waals surface area contributed by atoms with E-state index in [1.165, 1.54) is 26.0 Å². The molecule has 45 heavy (non-hydrogen) atoms. The van der Waals surface area contributed by atoms with Crippen molar-refractivity contribution >= 4 is 16.9 Å². The fourth-order valence-corrected chi connectivity index (χ4v) is 6.18. The van der Waals surface area contributed by atoms with E-state index in [4.69, 9.17) is 14.2 Å². The van der Waals surface area contributed by atoms with Crippen LogP contribution in [0.25, 0.3) is 10.9 Å². The Morgan fingerprint density at radius 1 is 1.04 bits per heavy atom. The number of hydrogen-bond donors (Lipinski definition) is 1. The van der Waals surface area contributed by atoms with Gasteiger partial charge in [0.25, 0.3) is 0 Å². The van der Waals surface area contributed by atoms with Crippen LogP contribution >= 0.6 is 0 Å². The van der Waals surface area contributed by atoms with Crippen LogP contribution in [0.1, 0.15) is 68.1 Å². The number of nitrogens with one attached hydrogen (secondary N) is 1. The van der Waals surface area contributed by atoms with Gasteiger partial charge in [0.2, 0.25) is 0 Å². The van der Waals surface area contributed by atoms with Crippen molar-refractivity contribution in [1.82, 2.24) is 9.88 Å². The summed E-state index contributed by atoms with van der Waals surface area (Å²) in [7, 11) is 0. The summed E-state index contributed by atoms with van der Waals surface area (Å²) in [5.41, 5.74) is 2.78. The molecule has 1 aliphatic rings. The first-order chi connectivity index (χ1) is 21.5. The fraction of sp³-hybridized carbons (Fsp3) is 0.417. The Labute approximate surface area is 262 Å². The van der Waals surface area contributed by atoms with Gasteiger partial charge in [-0.3, -0.25) is 4.90 Å². The third-order valence-corrected chi connectivity index (χ3v) is 8.08. The lowest BCUT2D eigenvalue weighted by atomic mass is 9.87. The van der Waals surface area contributed by atoms with Crippen LogP contribution in [0.2, 0.25) is 0 Å². The first-order valence-electron chi connectivity index (χ1n) is 15.5. The Balaban J connectivity index is 1.32. The molecule has 4 aromatic rings. The molecule has 0 spiro atoms. The molecule has 0 amide bonds. The van der Waals surface area contributed by atoms with Crippen molar-refractivity contribution in [1.29, 1.82) is 0 Å². The molecular formula is C36H41F3N2O4. The van der Waals surface area contributed by atoms with Crippen LogP contribution in [0.4, 0.5) is 13.2 Å². The van der Waals surface area contributed by atoms with Gasteiger partial charge in [0.15, 0.2) is 0 Å². The first-order valence-corrected chi connectivity index (χ1v) is 15.5. The number of H-pyrrole nitrogens is 1. The van der Waals surface area contributed by atoms with Crippen LogP contribution in [-0.2, 0) is 33.7 Å². The number of ether oxygens (including phenoxy) is 3. The number of carbonyl (C=O) groups excluding carboxylic acids is 1. The second-order valence-corrected chi connectivity index (χ2v) is 12.3. The van der Waals surface area contributed by atoms with Gasteiger partial charge in [0.05, 0.1) is 12.6 Å². The number of fused-ring (bicyclic) bond motifs is 3. The van der Waals surface area contributed by atoms with E-state index in [1.54, 1.807) is 6.92 Å². The van der Waals surface area contributed by atoms with Gasteiger partial charge in [-0.25, -0.2) is 18.0 Å². The molecule has 5 rings (SSSR count). The number of aryl methyl sites for hydroxylation is 1. The molecule has 2 atom stereocenters. The molecule has 0 aliphatic carbocycles. The lowest BCUT2D eigenvalue weighted by Gasteiger charge is -2.43. The average molecular weight is 623 g/mol. The fourth-order valence-electron chi connectivity index (χ4n) is 6.18. The van der Waals surface area contributed by atoms with Crippen LogP contribution in [0.3, 0.4) is 0 Å². The maximum Gasteiger partial charge on any atom is 0.332 e. The van der Waals surface area contributed by atoms with Crippen molar-refractivity contribution < 1.29 is 32.2 Å². The summed E-state index contributed by atoms with van der Waals surface area (Å²) in [5, 5.41) is 1.01. The Bertz CT molecular complexity index is 1610. The van der Waals surface area contributed by atoms with Gasteiger partial charge in [-0.1, -0.05) is 42.5 Å². The quantitative estimate of drug-likeness (QED) is 0.123. The van der Waals surface area contributed by atoms with E-state index in [1.807, 2.05) is 60.4 Å². The molecule has 3 aromatic carbocycles. The number of carbonyl (C=O) groups is 1. The Morgan fingerprint density at radius 3 is 2.51 bits per heavy atom. The van der Waals surface area contributed by atoms with Gasteiger partial charge >= 0.3 is 5.97 Å². The Hall–Kier alpha value is -3.82. The molecule has 1 aliphatic heterocycles. The number of benzene rings is 3. The molecular weight excluding hydrogens is 581 g/mol. The number of esters is 1. The van der Waals surface area contributed by atoms with E-state index in [0.29, 0.717) is 25.3 Å². The molecule has 240 valence electrons. The van der Waals surface area contributed by atoms with Crippen molar-refractivity contribution in [3.05, 3.63) is 100 Å². The SMILES string of the molecule is CCOC(=O)COCCCc1cccc(COc2cc(F)c([C@@H]3c4[nH]c5ccccc5c4C[C@@H](C)N3CC(C)(C)F)c(F)c2)c1. The van der Waals surface area contributed by atoms with E-state index in [9.17, 15) is 4.79 Å². The van der Waals surface area contributed by atoms with E-state index in [2.05, 4.69) is 4.98 Å². The normalized spacial score (nSPS) is 17.0. The minimum absolute atomic E-state index is 0.0125. The second-order valence-electron chi connectivity index (χ2n) is 12.3. The Kier molecular flexibility index (Phi) is 10.2. The van der Waals surface area contributed by atoms with Gasteiger partial charge in [0.1, 0.15) is 36.3 Å². The number of aromatic amines is 1. The molecule has 2 heterocycles. The van der Waals surface area contributed by atoms with Gasteiger partial charge in [-0.05, 0) is 69.7 Å². The summed E-state index contributed by atoms with van der Waals surface area (Å²) in [5.74, 6) is -1.79. The third-order valence-electron chi connectivity index (χ3n) is 8.08. The largest absolute Gasteiger partial charge is 0.489 e. The van der Waals surface area contributed by atoms with E-state index >= 15 is 13.2 Å². The maximum absolute atomic E-state index is 16.0. The van der Waals surface area contributed by atoms with E-state index < -0.39 is 23.3 Å². The number of aromatic nitrogens is 1. The topological polar surface area (TPSA) is 63.8 Å². The lowest BCUT2D eigenvalue weighted by Crippen LogP contribution is -2.48. The van der Waals surface area contributed by atoms with Gasteiger partial charge < -0.3 is 19.2 Å². The molecule has 1 aromatic heterocycles. The monoisotopic (exact) mass is 622 g/mol. The summed E-state index contributed by atoms with van der Waals surface area (Å²) >= 11 is 0. The smallest absolute Gasteiger partial charge is 0.332 e. The van der Waals surface area contributed by atoms with Crippen LogP contribution < -0.4 is 4.74 Å². The highest BCUT2D eigenvalue weighted by Gasteiger charge is 2.41. The summed E-state index contributed by atoms with van der Waals surface area (Å²) in [6.45, 7) is 7.50. The molecule has 6 nitrogen and oxygen atoms in total. The van der Waals surface area contributed by atoms with Crippen LogP contribution in [0.5, 0.6) is 5.75 Å². The summed E-state index contributed by atoms with van der Waals surface area (Å²) in [4.78, 5) is 16.6. The molecule has 1 N–H and O–H groups in total.